The lowest BCUT2D eigenvalue weighted by Crippen LogP contribution is -2.51. The first-order valence-corrected chi connectivity index (χ1v) is 7.18. The molecule has 6 nitrogen and oxygen atoms in total. The van der Waals surface area contributed by atoms with Crippen molar-refractivity contribution in [2.75, 3.05) is 0 Å². The van der Waals surface area contributed by atoms with Crippen LogP contribution < -0.4 is 11.1 Å². The van der Waals surface area contributed by atoms with E-state index < -0.39 is 12.3 Å². The summed E-state index contributed by atoms with van der Waals surface area (Å²) in [4.78, 5) is 24.9. The largest absolute Gasteiger partial charge is 0.374 e. The van der Waals surface area contributed by atoms with Gasteiger partial charge in [0.15, 0.2) is 0 Å². The van der Waals surface area contributed by atoms with Crippen molar-refractivity contribution in [3.63, 3.8) is 0 Å². The Kier molecular flexibility index (Phi) is 3.71. The molecule has 0 aliphatic carbocycles. The van der Waals surface area contributed by atoms with Crippen LogP contribution in [0.3, 0.4) is 0 Å². The van der Waals surface area contributed by atoms with E-state index in [1.54, 1.807) is 17.0 Å². The van der Waals surface area contributed by atoms with E-state index in [9.17, 15) is 14.7 Å². The Hall–Kier alpha value is -1.47. The molecule has 112 valence electrons. The molecule has 1 fully saturated rings. The van der Waals surface area contributed by atoms with Crippen molar-refractivity contribution in [3.8, 4) is 0 Å². The number of aliphatic hydroxyl groups is 1. The van der Waals surface area contributed by atoms with Crippen LogP contribution in [-0.4, -0.2) is 27.9 Å². The van der Waals surface area contributed by atoms with Crippen LogP contribution in [0.4, 0.5) is 0 Å². The van der Waals surface area contributed by atoms with Crippen molar-refractivity contribution in [2.24, 2.45) is 5.73 Å². The predicted molar refractivity (Wildman–Crippen MR) is 76.0 cm³/mol. The lowest BCUT2D eigenvalue weighted by Gasteiger charge is -2.31. The lowest BCUT2D eigenvalue weighted by atomic mass is 10.0. The minimum absolute atomic E-state index is 0.270. The molecule has 2 atom stereocenters. The van der Waals surface area contributed by atoms with Gasteiger partial charge in [0.1, 0.15) is 6.23 Å². The number of carbonyl (C=O) groups is 2. The van der Waals surface area contributed by atoms with Crippen LogP contribution in [0.25, 0.3) is 0 Å². The molecule has 4 N–H and O–H groups in total. The molecular formula is C14H16ClN3O3. The average Bonchev–Trinajstić information content (AvgIpc) is 2.76. The molecule has 1 aromatic rings. The van der Waals surface area contributed by atoms with E-state index in [0.717, 1.165) is 11.1 Å². The topological polar surface area (TPSA) is 95.7 Å². The van der Waals surface area contributed by atoms with E-state index in [1.165, 1.54) is 0 Å². The van der Waals surface area contributed by atoms with Gasteiger partial charge in [-0.3, -0.25) is 19.8 Å². The average molecular weight is 310 g/mol. The van der Waals surface area contributed by atoms with Crippen molar-refractivity contribution < 1.29 is 14.7 Å². The fraction of sp³-hybridized carbons (Fsp3) is 0.429. The van der Waals surface area contributed by atoms with E-state index in [-0.39, 0.29) is 18.2 Å². The smallest absolute Gasteiger partial charge is 0.244 e. The quantitative estimate of drug-likeness (QED) is 0.688. The molecule has 0 spiro atoms. The van der Waals surface area contributed by atoms with E-state index in [0.29, 0.717) is 30.1 Å². The molecule has 1 saturated heterocycles. The first kappa shape index (κ1) is 14.5. The zero-order chi connectivity index (χ0) is 15.1. The number of benzene rings is 1. The third-order valence-corrected chi connectivity index (χ3v) is 4.32. The van der Waals surface area contributed by atoms with Crippen LogP contribution in [0.5, 0.6) is 0 Å². The number of carbonyl (C=O) groups excluding carboxylic acids is 2. The highest BCUT2D eigenvalue weighted by atomic mass is 35.5. The molecule has 2 aliphatic heterocycles. The van der Waals surface area contributed by atoms with Gasteiger partial charge >= 0.3 is 0 Å². The highest BCUT2D eigenvalue weighted by Crippen LogP contribution is 2.38. The molecule has 2 heterocycles. The molecule has 7 heteroatoms. The van der Waals surface area contributed by atoms with E-state index in [2.05, 4.69) is 5.32 Å². The fourth-order valence-corrected chi connectivity index (χ4v) is 3.30. The molecule has 21 heavy (non-hydrogen) atoms. The van der Waals surface area contributed by atoms with Crippen LogP contribution in [0, 0.1) is 0 Å². The van der Waals surface area contributed by atoms with Crippen molar-refractivity contribution in [1.82, 2.24) is 10.2 Å². The van der Waals surface area contributed by atoms with Gasteiger partial charge in [-0.25, -0.2) is 0 Å². The summed E-state index contributed by atoms with van der Waals surface area (Å²) < 4.78 is 0. The maximum absolute atomic E-state index is 12.0. The summed E-state index contributed by atoms with van der Waals surface area (Å²) in [5.41, 5.74) is 8.19. The van der Waals surface area contributed by atoms with Gasteiger partial charge in [-0.1, -0.05) is 11.6 Å². The van der Waals surface area contributed by atoms with Crippen molar-refractivity contribution in [1.29, 1.82) is 0 Å². The molecule has 2 aliphatic rings. The van der Waals surface area contributed by atoms with Gasteiger partial charge in [0.2, 0.25) is 11.8 Å². The van der Waals surface area contributed by atoms with Crippen molar-refractivity contribution in [2.45, 2.75) is 38.2 Å². The summed E-state index contributed by atoms with van der Waals surface area (Å²) in [7, 11) is 0. The van der Waals surface area contributed by atoms with Crippen molar-refractivity contribution >= 4 is 23.4 Å². The summed E-state index contributed by atoms with van der Waals surface area (Å²) in [5, 5.41) is 13.3. The Morgan fingerprint density at radius 1 is 1.43 bits per heavy atom. The Morgan fingerprint density at radius 3 is 2.86 bits per heavy atom. The number of hydrogen-bond donors (Lipinski definition) is 3. The number of fused-ring (bicyclic) bond motifs is 1. The number of imide groups is 1. The van der Waals surface area contributed by atoms with E-state index in [4.69, 9.17) is 17.3 Å². The van der Waals surface area contributed by atoms with E-state index >= 15 is 0 Å². The summed E-state index contributed by atoms with van der Waals surface area (Å²) in [5.74, 6) is -0.633. The number of nitrogens with zero attached hydrogens (tertiary/aromatic N) is 1. The Bertz CT molecular complexity index is 620. The molecule has 2 amide bonds. The van der Waals surface area contributed by atoms with Crippen LogP contribution >= 0.6 is 11.6 Å². The molecule has 1 aromatic carbocycles. The first-order chi connectivity index (χ1) is 10.0. The minimum atomic E-state index is -0.909. The second-order valence-corrected chi connectivity index (χ2v) is 5.79. The molecule has 0 saturated carbocycles. The monoisotopic (exact) mass is 309 g/mol. The Balaban J connectivity index is 1.91. The summed E-state index contributed by atoms with van der Waals surface area (Å²) in [6, 6.07) is 2.96. The van der Waals surface area contributed by atoms with Crippen LogP contribution in [0.2, 0.25) is 5.02 Å². The highest BCUT2D eigenvalue weighted by Gasteiger charge is 2.40. The third kappa shape index (κ3) is 2.44. The zero-order valence-corrected chi connectivity index (χ0v) is 12.1. The maximum atomic E-state index is 12.0. The second kappa shape index (κ2) is 5.38. The normalized spacial score (nSPS) is 25.9. The number of piperidine rings is 1. The number of nitrogens with one attached hydrogen (secondary N) is 1. The van der Waals surface area contributed by atoms with Crippen LogP contribution in [0.15, 0.2) is 12.1 Å². The van der Waals surface area contributed by atoms with Gasteiger partial charge in [0.05, 0.1) is 6.04 Å². The first-order valence-electron chi connectivity index (χ1n) is 6.80. The number of rotatable bonds is 2. The molecule has 0 bridgehead atoms. The predicted octanol–water partition coefficient (Wildman–Crippen LogP) is 0.410. The van der Waals surface area contributed by atoms with Gasteiger partial charge in [-0.2, -0.15) is 0 Å². The number of halogens is 1. The Morgan fingerprint density at radius 2 is 2.19 bits per heavy atom. The summed E-state index contributed by atoms with van der Waals surface area (Å²) in [6.45, 7) is 0.741. The lowest BCUT2D eigenvalue weighted by molar-refractivity contribution is -0.141. The number of hydrogen-bond acceptors (Lipinski definition) is 5. The van der Waals surface area contributed by atoms with Gasteiger partial charge in [-0.15, -0.1) is 0 Å². The molecular weight excluding hydrogens is 294 g/mol. The molecule has 0 radical (unpaired) electrons. The number of nitrogens with two attached hydrogens (primary N) is 1. The Labute approximate surface area is 126 Å². The third-order valence-electron chi connectivity index (χ3n) is 4.10. The molecule has 0 aromatic heterocycles. The van der Waals surface area contributed by atoms with Crippen LogP contribution in [0.1, 0.15) is 35.8 Å². The van der Waals surface area contributed by atoms with Crippen molar-refractivity contribution in [3.05, 3.63) is 33.8 Å². The fourth-order valence-electron chi connectivity index (χ4n) is 3.05. The van der Waals surface area contributed by atoms with Gasteiger partial charge in [-0.05, 0) is 29.7 Å². The summed E-state index contributed by atoms with van der Waals surface area (Å²) in [6.07, 6.45) is -0.227. The van der Waals surface area contributed by atoms with Gasteiger partial charge in [0, 0.05) is 30.1 Å². The van der Waals surface area contributed by atoms with Gasteiger partial charge in [0.25, 0.3) is 0 Å². The molecule has 3 rings (SSSR count). The zero-order valence-electron chi connectivity index (χ0n) is 11.3. The SMILES string of the molecule is NCc1cc(Cl)cc2c1CN(C1CCC(=O)NC1=O)C2O. The minimum Gasteiger partial charge on any atom is -0.374 e. The maximum Gasteiger partial charge on any atom is 0.244 e. The highest BCUT2D eigenvalue weighted by molar-refractivity contribution is 6.30. The number of amides is 2. The number of aliphatic hydroxyl groups excluding tert-OH is 1. The van der Waals surface area contributed by atoms with E-state index in [1.807, 2.05) is 0 Å². The molecule has 2 unspecified atom stereocenters. The second-order valence-electron chi connectivity index (χ2n) is 5.35. The summed E-state index contributed by atoms with van der Waals surface area (Å²) >= 11 is 6.04. The standard InChI is InChI=1S/C14H16ClN3O3/c15-8-3-7(5-16)10-6-18(14(21)9(10)4-8)11-1-2-12(19)17-13(11)20/h3-4,11,14,21H,1-2,5-6,16H2,(H,17,19,20). The van der Waals surface area contributed by atoms with Crippen LogP contribution in [-0.2, 0) is 22.7 Å². The van der Waals surface area contributed by atoms with Gasteiger partial charge < -0.3 is 10.8 Å².